The predicted octanol–water partition coefficient (Wildman–Crippen LogP) is 2.04. The van der Waals surface area contributed by atoms with E-state index in [1.807, 2.05) is 31.2 Å². The summed E-state index contributed by atoms with van der Waals surface area (Å²) in [6.45, 7) is 3.78. The van der Waals surface area contributed by atoms with E-state index in [9.17, 15) is 4.79 Å². The van der Waals surface area contributed by atoms with E-state index < -0.39 is 6.10 Å². The highest BCUT2D eigenvalue weighted by atomic mass is 16.5. The van der Waals surface area contributed by atoms with Crippen LogP contribution in [-0.4, -0.2) is 18.1 Å². The number of nitrogens with one attached hydrogen (secondary N) is 1. The number of aryl methyl sites for hydroxylation is 1. The Morgan fingerprint density at radius 2 is 2.25 bits per heavy atom. The summed E-state index contributed by atoms with van der Waals surface area (Å²) >= 11 is 0. The summed E-state index contributed by atoms with van der Waals surface area (Å²) in [5.74, 6) is 0.724. The molecule has 1 aliphatic carbocycles. The van der Waals surface area contributed by atoms with Crippen molar-refractivity contribution in [3.63, 3.8) is 0 Å². The van der Waals surface area contributed by atoms with Gasteiger partial charge in [-0.2, -0.15) is 0 Å². The molecule has 1 unspecified atom stereocenters. The molecule has 0 bridgehead atoms. The van der Waals surface area contributed by atoms with E-state index in [4.69, 9.17) is 4.74 Å². The molecule has 0 aliphatic heterocycles. The molecule has 3 nitrogen and oxygen atoms in total. The molecule has 1 aromatic rings. The largest absolute Gasteiger partial charge is 0.481 e. The maximum absolute atomic E-state index is 11.6. The molecule has 1 amide bonds. The van der Waals surface area contributed by atoms with Gasteiger partial charge in [0.15, 0.2) is 6.10 Å². The van der Waals surface area contributed by atoms with Crippen LogP contribution in [0.4, 0.5) is 0 Å². The van der Waals surface area contributed by atoms with Crippen molar-refractivity contribution in [1.29, 1.82) is 0 Å². The van der Waals surface area contributed by atoms with Crippen molar-refractivity contribution in [2.24, 2.45) is 0 Å². The first kappa shape index (κ1) is 11.0. The summed E-state index contributed by atoms with van der Waals surface area (Å²) in [5.41, 5.74) is 1.13. The fraction of sp³-hybridized carbons (Fsp3) is 0.462. The Bertz CT molecular complexity index is 385. The smallest absolute Gasteiger partial charge is 0.260 e. The lowest BCUT2D eigenvalue weighted by atomic mass is 10.2. The van der Waals surface area contributed by atoms with Crippen LogP contribution in [0.25, 0.3) is 0 Å². The third-order valence-electron chi connectivity index (χ3n) is 2.60. The lowest BCUT2D eigenvalue weighted by Crippen LogP contribution is -2.37. The average molecular weight is 219 g/mol. The van der Waals surface area contributed by atoms with Crippen molar-refractivity contribution >= 4 is 5.91 Å². The van der Waals surface area contributed by atoms with Gasteiger partial charge in [0.25, 0.3) is 5.91 Å². The second-order valence-corrected chi connectivity index (χ2v) is 4.36. The van der Waals surface area contributed by atoms with Crippen LogP contribution < -0.4 is 10.1 Å². The molecule has 0 saturated heterocycles. The number of benzene rings is 1. The maximum atomic E-state index is 11.6. The van der Waals surface area contributed by atoms with E-state index in [2.05, 4.69) is 5.32 Å². The topological polar surface area (TPSA) is 38.3 Å². The minimum absolute atomic E-state index is 0.0241. The van der Waals surface area contributed by atoms with Gasteiger partial charge in [-0.3, -0.25) is 4.79 Å². The van der Waals surface area contributed by atoms with Gasteiger partial charge in [0.1, 0.15) is 5.75 Å². The Balaban J connectivity index is 1.90. The molecule has 1 aromatic carbocycles. The van der Waals surface area contributed by atoms with E-state index in [0.717, 1.165) is 24.2 Å². The molecule has 0 spiro atoms. The Labute approximate surface area is 95.8 Å². The monoisotopic (exact) mass is 219 g/mol. The zero-order chi connectivity index (χ0) is 11.5. The number of carbonyl (C=O) groups is 1. The second kappa shape index (κ2) is 4.56. The molecule has 1 saturated carbocycles. The molecule has 0 radical (unpaired) electrons. The molecule has 2 rings (SSSR count). The van der Waals surface area contributed by atoms with Crippen molar-refractivity contribution in [2.75, 3.05) is 0 Å². The quantitative estimate of drug-likeness (QED) is 0.841. The summed E-state index contributed by atoms with van der Waals surface area (Å²) in [7, 11) is 0. The summed E-state index contributed by atoms with van der Waals surface area (Å²) < 4.78 is 5.57. The van der Waals surface area contributed by atoms with Crippen molar-refractivity contribution < 1.29 is 9.53 Å². The summed E-state index contributed by atoms with van der Waals surface area (Å²) in [5, 5.41) is 2.92. The van der Waals surface area contributed by atoms with Gasteiger partial charge >= 0.3 is 0 Å². The predicted molar refractivity (Wildman–Crippen MR) is 62.4 cm³/mol. The zero-order valence-electron chi connectivity index (χ0n) is 9.69. The Hall–Kier alpha value is -1.51. The number of carbonyl (C=O) groups excluding carboxylic acids is 1. The third kappa shape index (κ3) is 2.99. The molecular formula is C13H17NO2. The Morgan fingerprint density at radius 3 is 2.88 bits per heavy atom. The molecule has 0 heterocycles. The van der Waals surface area contributed by atoms with Crippen LogP contribution in [0.3, 0.4) is 0 Å². The average Bonchev–Trinajstić information content (AvgIpc) is 3.01. The maximum Gasteiger partial charge on any atom is 0.260 e. The fourth-order valence-electron chi connectivity index (χ4n) is 1.49. The molecule has 3 heteroatoms. The number of amides is 1. The number of hydrogen-bond acceptors (Lipinski definition) is 2. The highest BCUT2D eigenvalue weighted by molar-refractivity contribution is 5.81. The van der Waals surface area contributed by atoms with Gasteiger partial charge in [-0.25, -0.2) is 0 Å². The molecular weight excluding hydrogens is 202 g/mol. The van der Waals surface area contributed by atoms with Crippen molar-refractivity contribution in [2.45, 2.75) is 38.8 Å². The van der Waals surface area contributed by atoms with E-state index >= 15 is 0 Å². The van der Waals surface area contributed by atoms with E-state index in [0.29, 0.717) is 6.04 Å². The standard InChI is InChI=1S/C13H17NO2/c1-9-4-3-5-12(8-9)16-10(2)13(15)14-11-6-7-11/h3-5,8,10-11H,6-7H2,1-2H3,(H,14,15). The third-order valence-corrected chi connectivity index (χ3v) is 2.60. The van der Waals surface area contributed by atoms with Gasteiger partial charge in [0, 0.05) is 6.04 Å². The van der Waals surface area contributed by atoms with Crippen LogP contribution in [0.2, 0.25) is 0 Å². The SMILES string of the molecule is Cc1cccc(OC(C)C(=O)NC2CC2)c1. The van der Waals surface area contributed by atoms with Crippen LogP contribution in [0.5, 0.6) is 5.75 Å². The minimum Gasteiger partial charge on any atom is -0.481 e. The first-order chi connectivity index (χ1) is 7.65. The van der Waals surface area contributed by atoms with E-state index in [-0.39, 0.29) is 5.91 Å². The molecule has 1 atom stereocenters. The van der Waals surface area contributed by atoms with Gasteiger partial charge < -0.3 is 10.1 Å². The van der Waals surface area contributed by atoms with Crippen molar-refractivity contribution in [1.82, 2.24) is 5.32 Å². The molecule has 16 heavy (non-hydrogen) atoms. The highest BCUT2D eigenvalue weighted by Gasteiger charge is 2.26. The number of rotatable bonds is 4. The van der Waals surface area contributed by atoms with Gasteiger partial charge in [-0.15, -0.1) is 0 Å². The van der Waals surface area contributed by atoms with E-state index in [1.165, 1.54) is 0 Å². The van der Waals surface area contributed by atoms with Gasteiger partial charge in [-0.1, -0.05) is 12.1 Å². The minimum atomic E-state index is -0.428. The number of ether oxygens (including phenoxy) is 1. The summed E-state index contributed by atoms with van der Waals surface area (Å²) in [6, 6.07) is 8.11. The lowest BCUT2D eigenvalue weighted by Gasteiger charge is -2.14. The van der Waals surface area contributed by atoms with Crippen LogP contribution in [0, 0.1) is 6.92 Å². The molecule has 86 valence electrons. The normalized spacial score (nSPS) is 16.6. The molecule has 1 N–H and O–H groups in total. The Kier molecular flexibility index (Phi) is 3.13. The van der Waals surface area contributed by atoms with Gasteiger partial charge in [0.05, 0.1) is 0 Å². The Morgan fingerprint density at radius 1 is 1.50 bits per heavy atom. The fourth-order valence-corrected chi connectivity index (χ4v) is 1.49. The summed E-state index contributed by atoms with van der Waals surface area (Å²) in [4.78, 5) is 11.6. The van der Waals surface area contributed by atoms with Gasteiger partial charge in [0.2, 0.25) is 0 Å². The lowest BCUT2D eigenvalue weighted by molar-refractivity contribution is -0.127. The van der Waals surface area contributed by atoms with Crippen LogP contribution in [-0.2, 0) is 4.79 Å². The highest BCUT2D eigenvalue weighted by Crippen LogP contribution is 2.19. The first-order valence-corrected chi connectivity index (χ1v) is 5.69. The zero-order valence-corrected chi connectivity index (χ0v) is 9.69. The molecule has 1 aliphatic rings. The van der Waals surface area contributed by atoms with Crippen LogP contribution in [0.15, 0.2) is 24.3 Å². The molecule has 1 fully saturated rings. The first-order valence-electron chi connectivity index (χ1n) is 5.69. The van der Waals surface area contributed by atoms with Crippen molar-refractivity contribution in [3.8, 4) is 5.75 Å². The van der Waals surface area contributed by atoms with Gasteiger partial charge in [-0.05, 0) is 44.4 Å². The number of hydrogen-bond donors (Lipinski definition) is 1. The van der Waals surface area contributed by atoms with Crippen molar-refractivity contribution in [3.05, 3.63) is 29.8 Å². The molecule has 0 aromatic heterocycles. The van der Waals surface area contributed by atoms with Crippen LogP contribution >= 0.6 is 0 Å². The van der Waals surface area contributed by atoms with E-state index in [1.54, 1.807) is 6.92 Å². The summed E-state index contributed by atoms with van der Waals surface area (Å²) in [6.07, 6.45) is 1.77. The van der Waals surface area contributed by atoms with Crippen LogP contribution in [0.1, 0.15) is 25.3 Å². The second-order valence-electron chi connectivity index (χ2n) is 4.36.